The fourth-order valence-corrected chi connectivity index (χ4v) is 3.32. The summed E-state index contributed by atoms with van der Waals surface area (Å²) in [6.45, 7) is 0.368. The van der Waals surface area contributed by atoms with Crippen molar-refractivity contribution < 1.29 is 13.7 Å². The molecule has 158 valence electrons. The largest absolute Gasteiger partial charge is 0.440 e. The number of carbonyl (C=O) groups is 1. The van der Waals surface area contributed by atoms with Crippen LogP contribution in [0.3, 0.4) is 0 Å². The van der Waals surface area contributed by atoms with E-state index >= 15 is 0 Å². The van der Waals surface area contributed by atoms with Crippen LogP contribution in [0.1, 0.15) is 27.7 Å². The van der Waals surface area contributed by atoms with Gasteiger partial charge in [0.25, 0.3) is 5.91 Å². The first kappa shape index (κ1) is 19.6. The molecule has 0 fully saturated rings. The molecule has 3 heterocycles. The highest BCUT2D eigenvalue weighted by atomic mass is 16.5. The van der Waals surface area contributed by atoms with Gasteiger partial charge in [0.1, 0.15) is 5.52 Å². The Morgan fingerprint density at radius 3 is 2.62 bits per heavy atom. The van der Waals surface area contributed by atoms with Gasteiger partial charge in [0.05, 0.1) is 0 Å². The zero-order valence-electron chi connectivity index (χ0n) is 17.1. The number of aromatic nitrogens is 4. The molecule has 0 unspecified atom stereocenters. The van der Waals surface area contributed by atoms with Gasteiger partial charge in [0.15, 0.2) is 11.5 Å². The summed E-state index contributed by atoms with van der Waals surface area (Å²) in [5.41, 5.74) is 3.77. The van der Waals surface area contributed by atoms with Crippen LogP contribution < -0.4 is 5.32 Å². The molecule has 0 aliphatic heterocycles. The van der Waals surface area contributed by atoms with E-state index in [9.17, 15) is 4.79 Å². The number of hydrogen-bond donors (Lipinski definition) is 1. The highest BCUT2D eigenvalue weighted by molar-refractivity contribution is 5.97. The molecular weight excluding hydrogens is 406 g/mol. The van der Waals surface area contributed by atoms with Crippen LogP contribution in [0.25, 0.3) is 22.5 Å². The van der Waals surface area contributed by atoms with Gasteiger partial charge < -0.3 is 14.3 Å². The quantitative estimate of drug-likeness (QED) is 0.422. The van der Waals surface area contributed by atoms with Crippen molar-refractivity contribution in [3.63, 3.8) is 0 Å². The molecule has 2 aromatic carbocycles. The fraction of sp³-hybridized carbons (Fsp3) is 0.125. The maximum absolute atomic E-state index is 12.6. The van der Waals surface area contributed by atoms with E-state index in [2.05, 4.69) is 25.4 Å². The molecule has 0 bridgehead atoms. The molecule has 0 aliphatic rings. The minimum Gasteiger partial charge on any atom is -0.440 e. The van der Waals surface area contributed by atoms with Gasteiger partial charge in [-0.05, 0) is 35.9 Å². The van der Waals surface area contributed by atoms with E-state index in [0.717, 1.165) is 11.1 Å². The van der Waals surface area contributed by atoms with Gasteiger partial charge in [-0.2, -0.15) is 4.98 Å². The van der Waals surface area contributed by atoms with Gasteiger partial charge in [-0.3, -0.25) is 9.78 Å². The third kappa shape index (κ3) is 4.39. The highest BCUT2D eigenvalue weighted by Crippen LogP contribution is 2.19. The number of pyridine rings is 1. The summed E-state index contributed by atoms with van der Waals surface area (Å²) < 4.78 is 11.1. The van der Waals surface area contributed by atoms with Crippen molar-refractivity contribution in [3.8, 4) is 11.4 Å². The first-order valence-electron chi connectivity index (χ1n) is 10.2. The van der Waals surface area contributed by atoms with Crippen LogP contribution >= 0.6 is 0 Å². The topological polar surface area (TPSA) is 107 Å². The summed E-state index contributed by atoms with van der Waals surface area (Å²) in [5, 5.41) is 6.84. The van der Waals surface area contributed by atoms with Gasteiger partial charge >= 0.3 is 0 Å². The molecule has 0 saturated heterocycles. The van der Waals surface area contributed by atoms with E-state index in [-0.39, 0.29) is 5.91 Å². The third-order valence-corrected chi connectivity index (χ3v) is 4.92. The van der Waals surface area contributed by atoms with Crippen molar-refractivity contribution in [2.24, 2.45) is 0 Å². The van der Waals surface area contributed by atoms with Crippen LogP contribution in [-0.4, -0.2) is 32.6 Å². The van der Waals surface area contributed by atoms with E-state index in [4.69, 9.17) is 8.94 Å². The van der Waals surface area contributed by atoms with Crippen LogP contribution in [0.2, 0.25) is 0 Å². The fourth-order valence-electron chi connectivity index (χ4n) is 3.32. The summed E-state index contributed by atoms with van der Waals surface area (Å²) in [7, 11) is 0. The van der Waals surface area contributed by atoms with E-state index in [1.807, 2.05) is 42.5 Å². The Morgan fingerprint density at radius 1 is 0.938 bits per heavy atom. The molecule has 8 nitrogen and oxygen atoms in total. The minimum atomic E-state index is -0.201. The molecule has 0 saturated carbocycles. The smallest absolute Gasteiger partial charge is 0.251 e. The van der Waals surface area contributed by atoms with Crippen LogP contribution in [0.5, 0.6) is 0 Å². The lowest BCUT2D eigenvalue weighted by molar-refractivity contribution is 0.0953. The number of nitrogens with zero attached hydrogens (tertiary/aromatic N) is 4. The number of carbonyl (C=O) groups excluding carboxylic acids is 1. The first-order chi connectivity index (χ1) is 15.7. The lowest BCUT2D eigenvalue weighted by Gasteiger charge is -2.03. The van der Waals surface area contributed by atoms with Crippen LogP contribution in [0.4, 0.5) is 0 Å². The third-order valence-electron chi connectivity index (χ3n) is 4.92. The van der Waals surface area contributed by atoms with Crippen molar-refractivity contribution in [2.75, 3.05) is 6.54 Å². The Hall–Kier alpha value is -4.33. The molecule has 1 amide bonds. The Balaban J connectivity index is 1.20. The maximum Gasteiger partial charge on any atom is 0.251 e. The maximum atomic E-state index is 12.6. The monoisotopic (exact) mass is 425 g/mol. The van der Waals surface area contributed by atoms with E-state index in [1.165, 1.54) is 0 Å². The second-order valence-corrected chi connectivity index (χ2v) is 7.21. The van der Waals surface area contributed by atoms with Crippen molar-refractivity contribution in [3.05, 3.63) is 96.0 Å². The van der Waals surface area contributed by atoms with E-state index in [1.54, 1.807) is 30.6 Å². The summed E-state index contributed by atoms with van der Waals surface area (Å²) in [4.78, 5) is 25.4. The lowest BCUT2D eigenvalue weighted by atomic mass is 10.1. The van der Waals surface area contributed by atoms with Gasteiger partial charge in [-0.1, -0.05) is 35.5 Å². The van der Waals surface area contributed by atoms with Crippen molar-refractivity contribution in [2.45, 2.75) is 12.8 Å². The zero-order valence-corrected chi connectivity index (χ0v) is 17.1. The number of oxazole rings is 1. The Morgan fingerprint density at radius 2 is 1.78 bits per heavy atom. The molecule has 0 atom stereocenters. The van der Waals surface area contributed by atoms with Crippen LogP contribution in [-0.2, 0) is 12.8 Å². The van der Waals surface area contributed by atoms with Gasteiger partial charge in [-0.15, -0.1) is 0 Å². The van der Waals surface area contributed by atoms with Crippen LogP contribution in [0, 0.1) is 0 Å². The van der Waals surface area contributed by atoms with Crippen molar-refractivity contribution in [1.82, 2.24) is 25.4 Å². The summed E-state index contributed by atoms with van der Waals surface area (Å²) in [5.74, 6) is 1.37. The van der Waals surface area contributed by atoms with Gasteiger partial charge in [0, 0.05) is 42.9 Å². The predicted molar refractivity (Wildman–Crippen MR) is 117 cm³/mol. The number of fused-ring (bicyclic) bond motifs is 1. The van der Waals surface area contributed by atoms with E-state index in [0.29, 0.717) is 53.7 Å². The number of nitrogens with one attached hydrogen (secondary N) is 1. The molecule has 5 rings (SSSR count). The van der Waals surface area contributed by atoms with Crippen molar-refractivity contribution in [1.29, 1.82) is 0 Å². The second kappa shape index (κ2) is 8.81. The summed E-state index contributed by atoms with van der Waals surface area (Å²) >= 11 is 0. The molecule has 0 aliphatic carbocycles. The number of rotatable bonds is 7. The number of benzene rings is 2. The Labute approximate surface area is 183 Å². The predicted octanol–water partition coefficient (Wildman–Crippen LogP) is 3.84. The Kier molecular flexibility index (Phi) is 5.40. The SMILES string of the molecule is O=C(NCCc1nc(-c2ccncc2)no1)c1ccc2oc(Cc3ccccc3)nc2c1. The second-order valence-electron chi connectivity index (χ2n) is 7.21. The van der Waals surface area contributed by atoms with Gasteiger partial charge in [0.2, 0.25) is 11.7 Å². The van der Waals surface area contributed by atoms with Crippen LogP contribution in [0.15, 0.2) is 82.0 Å². The molecule has 0 radical (unpaired) electrons. The molecular formula is C24H19N5O3. The lowest BCUT2D eigenvalue weighted by Crippen LogP contribution is -2.25. The standard InChI is InChI=1S/C24H19N5O3/c30-24(26-13-10-21-28-23(29-32-21)17-8-11-25-12-9-17)18-6-7-20-19(15-18)27-22(31-20)14-16-4-2-1-3-5-16/h1-9,11-12,15H,10,13-14H2,(H,26,30). The van der Waals surface area contributed by atoms with E-state index < -0.39 is 0 Å². The first-order valence-corrected chi connectivity index (χ1v) is 10.2. The number of amides is 1. The molecule has 8 heteroatoms. The van der Waals surface area contributed by atoms with Gasteiger partial charge in [-0.25, -0.2) is 4.98 Å². The summed E-state index contributed by atoms with van der Waals surface area (Å²) in [6, 6.07) is 18.8. The normalized spacial score (nSPS) is 11.0. The van der Waals surface area contributed by atoms with Crippen molar-refractivity contribution >= 4 is 17.0 Å². The zero-order chi connectivity index (χ0) is 21.8. The highest BCUT2D eigenvalue weighted by Gasteiger charge is 2.12. The molecule has 32 heavy (non-hydrogen) atoms. The number of hydrogen-bond acceptors (Lipinski definition) is 7. The average Bonchev–Trinajstić information content (AvgIpc) is 3.46. The average molecular weight is 425 g/mol. The minimum absolute atomic E-state index is 0.201. The molecule has 3 aromatic heterocycles. The summed E-state index contributed by atoms with van der Waals surface area (Å²) in [6.07, 6.45) is 4.36. The molecule has 0 spiro atoms. The Bertz CT molecular complexity index is 1350. The molecule has 1 N–H and O–H groups in total. The molecule has 5 aromatic rings.